The maximum absolute atomic E-state index is 6.03. The molecule has 0 saturated heterocycles. The highest BCUT2D eigenvalue weighted by Crippen LogP contribution is 2.33. The van der Waals surface area contributed by atoms with E-state index < -0.39 is 0 Å². The van der Waals surface area contributed by atoms with E-state index in [-0.39, 0.29) is 6.10 Å². The van der Waals surface area contributed by atoms with Crippen LogP contribution < -0.4 is 10.5 Å². The van der Waals surface area contributed by atoms with Gasteiger partial charge in [-0.3, -0.25) is 0 Å². The molecule has 1 aromatic heterocycles. The van der Waals surface area contributed by atoms with E-state index in [0.717, 1.165) is 19.3 Å². The van der Waals surface area contributed by atoms with Crippen LogP contribution in [-0.2, 0) is 0 Å². The third-order valence-electron chi connectivity index (χ3n) is 2.46. The Bertz CT molecular complexity index is 515. The first kappa shape index (κ1) is 13.9. The molecule has 2 rings (SSSR count). The van der Waals surface area contributed by atoms with Crippen molar-refractivity contribution in [2.24, 2.45) is 5.73 Å². The molecule has 0 amide bonds. The SMILES string of the molecule is CSc1ccccc1OC(CN)c1ccc(Br)s1. The van der Waals surface area contributed by atoms with Gasteiger partial charge in [0.2, 0.25) is 0 Å². The highest BCUT2D eigenvalue weighted by atomic mass is 79.9. The Hall–Kier alpha value is -0.490. The van der Waals surface area contributed by atoms with Crippen LogP contribution in [0.5, 0.6) is 5.75 Å². The van der Waals surface area contributed by atoms with Crippen LogP contribution in [0.15, 0.2) is 45.1 Å². The first-order chi connectivity index (χ1) is 8.74. The van der Waals surface area contributed by atoms with Gasteiger partial charge in [0.15, 0.2) is 0 Å². The third-order valence-corrected chi connectivity index (χ3v) is 4.96. The minimum Gasteiger partial charge on any atom is -0.482 e. The zero-order valence-electron chi connectivity index (χ0n) is 9.93. The quantitative estimate of drug-likeness (QED) is 0.821. The van der Waals surface area contributed by atoms with Gasteiger partial charge in [-0.15, -0.1) is 23.1 Å². The van der Waals surface area contributed by atoms with Gasteiger partial charge in [-0.25, -0.2) is 0 Å². The maximum atomic E-state index is 6.03. The van der Waals surface area contributed by atoms with Gasteiger partial charge in [0.05, 0.1) is 3.79 Å². The molecule has 1 unspecified atom stereocenters. The number of rotatable bonds is 5. The van der Waals surface area contributed by atoms with Crippen molar-refractivity contribution in [1.29, 1.82) is 0 Å². The highest BCUT2D eigenvalue weighted by molar-refractivity contribution is 9.11. The van der Waals surface area contributed by atoms with Crippen molar-refractivity contribution in [1.82, 2.24) is 0 Å². The summed E-state index contributed by atoms with van der Waals surface area (Å²) in [5, 5.41) is 0. The Morgan fingerprint density at radius 3 is 2.72 bits per heavy atom. The molecule has 96 valence electrons. The van der Waals surface area contributed by atoms with Crippen molar-refractivity contribution in [2.75, 3.05) is 12.8 Å². The zero-order valence-corrected chi connectivity index (χ0v) is 13.1. The van der Waals surface area contributed by atoms with Crippen molar-refractivity contribution in [3.63, 3.8) is 0 Å². The molecule has 0 aliphatic heterocycles. The van der Waals surface area contributed by atoms with E-state index in [0.29, 0.717) is 6.54 Å². The van der Waals surface area contributed by atoms with E-state index >= 15 is 0 Å². The second-order valence-corrected chi connectivity index (χ2v) is 6.98. The number of benzene rings is 1. The molecule has 0 fully saturated rings. The summed E-state index contributed by atoms with van der Waals surface area (Å²) in [6, 6.07) is 12.1. The number of ether oxygens (including phenoxy) is 1. The molecule has 1 atom stereocenters. The number of nitrogens with two attached hydrogens (primary N) is 1. The fraction of sp³-hybridized carbons (Fsp3) is 0.231. The zero-order chi connectivity index (χ0) is 13.0. The summed E-state index contributed by atoms with van der Waals surface area (Å²) >= 11 is 6.80. The summed E-state index contributed by atoms with van der Waals surface area (Å²) in [6.45, 7) is 0.468. The fourth-order valence-electron chi connectivity index (χ4n) is 1.59. The topological polar surface area (TPSA) is 35.2 Å². The van der Waals surface area contributed by atoms with Gasteiger partial charge < -0.3 is 10.5 Å². The van der Waals surface area contributed by atoms with Crippen molar-refractivity contribution < 1.29 is 4.74 Å². The summed E-state index contributed by atoms with van der Waals surface area (Å²) in [7, 11) is 0. The van der Waals surface area contributed by atoms with E-state index in [1.165, 1.54) is 0 Å². The molecule has 0 saturated carbocycles. The van der Waals surface area contributed by atoms with Crippen LogP contribution in [0.25, 0.3) is 0 Å². The Balaban J connectivity index is 2.20. The minimum absolute atomic E-state index is 0.0883. The van der Waals surface area contributed by atoms with Crippen LogP contribution >= 0.6 is 39.0 Å². The lowest BCUT2D eigenvalue weighted by atomic mass is 10.3. The lowest BCUT2D eigenvalue weighted by Crippen LogP contribution is -2.17. The predicted molar refractivity (Wildman–Crippen MR) is 82.7 cm³/mol. The average molecular weight is 344 g/mol. The van der Waals surface area contributed by atoms with Gasteiger partial charge in [-0.05, 0) is 46.5 Å². The lowest BCUT2D eigenvalue weighted by Gasteiger charge is -2.17. The van der Waals surface area contributed by atoms with Crippen molar-refractivity contribution in [2.45, 2.75) is 11.0 Å². The molecule has 5 heteroatoms. The molecule has 0 spiro atoms. The van der Waals surface area contributed by atoms with Gasteiger partial charge in [-0.1, -0.05) is 12.1 Å². The monoisotopic (exact) mass is 343 g/mol. The summed E-state index contributed by atoms with van der Waals surface area (Å²) in [5.41, 5.74) is 5.81. The Morgan fingerprint density at radius 1 is 1.33 bits per heavy atom. The number of para-hydroxylation sites is 1. The summed E-state index contributed by atoms with van der Waals surface area (Å²) in [5.74, 6) is 0.893. The smallest absolute Gasteiger partial charge is 0.145 e. The first-order valence-corrected chi connectivity index (χ1v) is 8.33. The minimum atomic E-state index is -0.0883. The predicted octanol–water partition coefficient (Wildman–Crippen LogP) is 4.31. The Labute approximate surface area is 124 Å². The number of hydrogen-bond donors (Lipinski definition) is 1. The van der Waals surface area contributed by atoms with Gasteiger partial charge in [0, 0.05) is 16.3 Å². The van der Waals surface area contributed by atoms with Gasteiger partial charge in [-0.2, -0.15) is 0 Å². The van der Waals surface area contributed by atoms with E-state index in [1.54, 1.807) is 23.1 Å². The standard InChI is InChI=1S/C13H14BrNOS2/c1-17-11-5-3-2-4-9(11)16-10(8-15)12-6-7-13(14)18-12/h2-7,10H,8,15H2,1H3. The third kappa shape index (κ3) is 3.29. The first-order valence-electron chi connectivity index (χ1n) is 5.49. The highest BCUT2D eigenvalue weighted by Gasteiger charge is 2.15. The largest absolute Gasteiger partial charge is 0.482 e. The maximum Gasteiger partial charge on any atom is 0.145 e. The molecule has 0 radical (unpaired) electrons. The molecule has 0 aliphatic carbocycles. The number of thioether (sulfide) groups is 1. The van der Waals surface area contributed by atoms with E-state index in [9.17, 15) is 0 Å². The van der Waals surface area contributed by atoms with Crippen molar-refractivity contribution in [3.8, 4) is 5.75 Å². The van der Waals surface area contributed by atoms with Crippen LogP contribution in [-0.4, -0.2) is 12.8 Å². The number of halogens is 1. The van der Waals surface area contributed by atoms with Crippen LogP contribution in [0, 0.1) is 0 Å². The van der Waals surface area contributed by atoms with Gasteiger partial charge in [0.1, 0.15) is 11.9 Å². The van der Waals surface area contributed by atoms with E-state index in [2.05, 4.69) is 22.0 Å². The van der Waals surface area contributed by atoms with Crippen LogP contribution in [0.4, 0.5) is 0 Å². The lowest BCUT2D eigenvalue weighted by molar-refractivity contribution is 0.212. The molecular weight excluding hydrogens is 330 g/mol. The molecular formula is C13H14BrNOS2. The molecule has 2 nitrogen and oxygen atoms in total. The van der Waals surface area contributed by atoms with Crippen LogP contribution in [0.1, 0.15) is 11.0 Å². The van der Waals surface area contributed by atoms with E-state index in [4.69, 9.17) is 10.5 Å². The number of hydrogen-bond acceptors (Lipinski definition) is 4. The second-order valence-electron chi connectivity index (χ2n) is 3.63. The Morgan fingerprint density at radius 2 is 2.11 bits per heavy atom. The molecule has 2 aromatic rings. The van der Waals surface area contributed by atoms with E-state index in [1.807, 2.05) is 36.6 Å². The Kier molecular flexibility index (Phi) is 5.12. The number of thiophene rings is 1. The van der Waals surface area contributed by atoms with Crippen LogP contribution in [0.3, 0.4) is 0 Å². The molecule has 0 aliphatic rings. The average Bonchev–Trinajstić information content (AvgIpc) is 2.83. The summed E-state index contributed by atoms with van der Waals surface area (Å²) in [6.07, 6.45) is 1.95. The summed E-state index contributed by atoms with van der Waals surface area (Å²) in [4.78, 5) is 2.27. The summed E-state index contributed by atoms with van der Waals surface area (Å²) < 4.78 is 7.12. The molecule has 2 N–H and O–H groups in total. The van der Waals surface area contributed by atoms with Gasteiger partial charge in [0.25, 0.3) is 0 Å². The second kappa shape index (κ2) is 6.61. The molecule has 1 aromatic carbocycles. The van der Waals surface area contributed by atoms with Crippen molar-refractivity contribution in [3.05, 3.63) is 45.1 Å². The fourth-order valence-corrected chi connectivity index (χ4v) is 3.59. The normalized spacial score (nSPS) is 12.4. The molecule has 0 bridgehead atoms. The molecule has 18 heavy (non-hydrogen) atoms. The molecule has 1 heterocycles. The van der Waals surface area contributed by atoms with Crippen molar-refractivity contribution >= 4 is 39.0 Å². The van der Waals surface area contributed by atoms with Gasteiger partial charge >= 0.3 is 0 Å². The van der Waals surface area contributed by atoms with Crippen LogP contribution in [0.2, 0.25) is 0 Å².